The van der Waals surface area contributed by atoms with Crippen molar-refractivity contribution in [1.82, 2.24) is 14.8 Å². The molecule has 0 spiro atoms. The number of nitrogens with zero attached hydrogens (tertiary/aromatic N) is 3. The molecule has 1 amide bonds. The molecular formula is C29H32N4O3. The quantitative estimate of drug-likeness (QED) is 0.393. The molecule has 0 radical (unpaired) electrons. The Kier molecular flexibility index (Phi) is 7.02. The number of hydrogen-bond donors (Lipinski definition) is 2. The number of amides is 1. The summed E-state index contributed by atoms with van der Waals surface area (Å²) < 4.78 is 6.03. The van der Waals surface area contributed by atoms with E-state index in [2.05, 4.69) is 39.5 Å². The monoisotopic (exact) mass is 484 g/mol. The number of β-amino-alcohol motifs (C(OH)–C–C–N with tert-alkyl or cyclic N) is 1. The van der Waals surface area contributed by atoms with Crippen molar-refractivity contribution in [3.05, 3.63) is 78.5 Å². The summed E-state index contributed by atoms with van der Waals surface area (Å²) in [5.74, 6) is 0.463. The number of ether oxygens (including phenoxy) is 1. The average Bonchev–Trinajstić information content (AvgIpc) is 3.34. The van der Waals surface area contributed by atoms with Crippen molar-refractivity contribution in [3.8, 4) is 5.75 Å². The molecule has 186 valence electrons. The Morgan fingerprint density at radius 3 is 2.75 bits per heavy atom. The number of hydrogen-bond acceptors (Lipinski definition) is 6. The van der Waals surface area contributed by atoms with Gasteiger partial charge in [0.25, 0.3) is 5.91 Å². The Labute approximate surface area is 211 Å². The maximum Gasteiger partial charge on any atom is 0.260 e. The third-order valence-electron chi connectivity index (χ3n) is 7.08. The van der Waals surface area contributed by atoms with Crippen LogP contribution in [0, 0.1) is 0 Å². The summed E-state index contributed by atoms with van der Waals surface area (Å²) >= 11 is 0. The summed E-state index contributed by atoms with van der Waals surface area (Å²) in [6.45, 7) is 1.99. The molecule has 1 aromatic heterocycles. The first kappa shape index (κ1) is 24.0. The van der Waals surface area contributed by atoms with E-state index in [1.165, 1.54) is 0 Å². The number of benzene rings is 3. The highest BCUT2D eigenvalue weighted by molar-refractivity contribution is 5.95. The Bertz CT molecular complexity index is 1370. The molecular weight excluding hydrogens is 452 g/mol. The van der Waals surface area contributed by atoms with Crippen molar-refractivity contribution >= 4 is 33.3 Å². The van der Waals surface area contributed by atoms with E-state index in [9.17, 15) is 9.90 Å². The van der Waals surface area contributed by atoms with Crippen LogP contribution in [0.2, 0.25) is 0 Å². The predicted octanol–water partition coefficient (Wildman–Crippen LogP) is 4.07. The highest BCUT2D eigenvalue weighted by Gasteiger charge is 2.29. The molecule has 0 saturated carbocycles. The lowest BCUT2D eigenvalue weighted by molar-refractivity contribution is -0.134. The number of aromatic nitrogens is 1. The number of aliphatic hydroxyl groups is 1. The summed E-state index contributed by atoms with van der Waals surface area (Å²) in [6.07, 6.45) is 2.17. The molecule has 0 bridgehead atoms. The van der Waals surface area contributed by atoms with Crippen molar-refractivity contribution in [2.45, 2.75) is 18.6 Å². The number of aliphatic hydroxyl groups excluding tert-OH is 1. The Morgan fingerprint density at radius 2 is 1.94 bits per heavy atom. The lowest BCUT2D eigenvalue weighted by Crippen LogP contribution is -2.41. The number of carbonyl (C=O) groups is 1. The standard InChI is InChI=1S/C29H32N4O3/c1-30-25-12-13-27(29-24(25)11-6-15-31-29)36-19-28(35)32(2)26(18-33-16-14-21(34)17-33)23-10-5-8-20-7-3-4-9-22(20)23/h3-13,15,21,26,30,34H,14,16-19H2,1-2H3/t21-,26?/m0/s1. The van der Waals surface area contributed by atoms with Gasteiger partial charge in [0.15, 0.2) is 6.61 Å². The number of anilines is 1. The maximum absolute atomic E-state index is 13.5. The van der Waals surface area contributed by atoms with Crippen LogP contribution in [0.25, 0.3) is 21.7 Å². The second-order valence-electron chi connectivity index (χ2n) is 9.34. The number of likely N-dealkylation sites (N-methyl/N-ethyl adjacent to an activating group) is 1. The third kappa shape index (κ3) is 4.85. The van der Waals surface area contributed by atoms with Gasteiger partial charge in [-0.05, 0) is 47.0 Å². The van der Waals surface area contributed by atoms with Crippen LogP contribution in [-0.4, -0.2) is 72.2 Å². The van der Waals surface area contributed by atoms with Gasteiger partial charge in [-0.2, -0.15) is 0 Å². The van der Waals surface area contributed by atoms with Crippen LogP contribution < -0.4 is 10.1 Å². The fourth-order valence-corrected chi connectivity index (χ4v) is 5.09. The van der Waals surface area contributed by atoms with Crippen molar-refractivity contribution in [2.24, 2.45) is 0 Å². The van der Waals surface area contributed by atoms with Gasteiger partial charge < -0.3 is 20.1 Å². The van der Waals surface area contributed by atoms with E-state index in [1.54, 1.807) is 11.1 Å². The molecule has 36 heavy (non-hydrogen) atoms. The van der Waals surface area contributed by atoms with E-state index in [0.29, 0.717) is 18.8 Å². The van der Waals surface area contributed by atoms with Crippen molar-refractivity contribution in [2.75, 3.05) is 45.7 Å². The first-order valence-corrected chi connectivity index (χ1v) is 12.4. The molecule has 1 aliphatic rings. The zero-order valence-corrected chi connectivity index (χ0v) is 20.7. The highest BCUT2D eigenvalue weighted by atomic mass is 16.5. The largest absolute Gasteiger partial charge is 0.481 e. The van der Waals surface area contributed by atoms with Crippen LogP contribution in [0.1, 0.15) is 18.0 Å². The van der Waals surface area contributed by atoms with Crippen LogP contribution in [0.4, 0.5) is 5.69 Å². The van der Waals surface area contributed by atoms with Crippen molar-refractivity contribution in [3.63, 3.8) is 0 Å². The van der Waals surface area contributed by atoms with Gasteiger partial charge >= 0.3 is 0 Å². The maximum atomic E-state index is 13.5. The molecule has 1 saturated heterocycles. The van der Waals surface area contributed by atoms with E-state index < -0.39 is 0 Å². The minimum absolute atomic E-state index is 0.0923. The van der Waals surface area contributed by atoms with Crippen LogP contribution in [0.5, 0.6) is 5.75 Å². The summed E-state index contributed by atoms with van der Waals surface area (Å²) in [4.78, 5) is 22.0. The van der Waals surface area contributed by atoms with E-state index in [0.717, 1.165) is 45.9 Å². The van der Waals surface area contributed by atoms with Crippen LogP contribution in [0.3, 0.4) is 0 Å². The number of nitrogens with one attached hydrogen (secondary N) is 1. The molecule has 3 aromatic carbocycles. The number of rotatable bonds is 8. The van der Waals surface area contributed by atoms with E-state index in [4.69, 9.17) is 4.74 Å². The van der Waals surface area contributed by atoms with E-state index in [-0.39, 0.29) is 24.7 Å². The normalized spacial score (nSPS) is 16.8. The number of fused-ring (bicyclic) bond motifs is 2. The Morgan fingerprint density at radius 1 is 1.14 bits per heavy atom. The lowest BCUT2D eigenvalue weighted by atomic mass is 9.97. The summed E-state index contributed by atoms with van der Waals surface area (Å²) in [7, 11) is 3.71. The van der Waals surface area contributed by atoms with Crippen LogP contribution in [-0.2, 0) is 4.79 Å². The fraction of sp³-hybridized carbons (Fsp3) is 0.310. The van der Waals surface area contributed by atoms with E-state index >= 15 is 0 Å². The molecule has 1 fully saturated rings. The van der Waals surface area contributed by atoms with Gasteiger partial charge in [0.2, 0.25) is 0 Å². The average molecular weight is 485 g/mol. The van der Waals surface area contributed by atoms with Gasteiger partial charge in [-0.25, -0.2) is 0 Å². The Hall–Kier alpha value is -3.68. The zero-order valence-electron chi connectivity index (χ0n) is 20.7. The van der Waals surface area contributed by atoms with Crippen molar-refractivity contribution in [1.29, 1.82) is 0 Å². The summed E-state index contributed by atoms with van der Waals surface area (Å²) in [5, 5.41) is 16.5. The van der Waals surface area contributed by atoms with Gasteiger partial charge in [0, 0.05) is 51.0 Å². The highest BCUT2D eigenvalue weighted by Crippen LogP contribution is 2.31. The molecule has 7 heteroatoms. The smallest absolute Gasteiger partial charge is 0.260 e. The molecule has 2 N–H and O–H groups in total. The van der Waals surface area contributed by atoms with Gasteiger partial charge in [-0.1, -0.05) is 42.5 Å². The molecule has 1 aliphatic heterocycles. The van der Waals surface area contributed by atoms with Gasteiger partial charge in [0.05, 0.1) is 12.1 Å². The van der Waals surface area contributed by atoms with Crippen molar-refractivity contribution < 1.29 is 14.6 Å². The lowest BCUT2D eigenvalue weighted by Gasteiger charge is -2.33. The second-order valence-corrected chi connectivity index (χ2v) is 9.34. The SMILES string of the molecule is CNc1ccc(OCC(=O)N(C)C(CN2CC[C@H](O)C2)c2cccc3ccccc23)c2ncccc12. The summed E-state index contributed by atoms with van der Waals surface area (Å²) in [6, 6.07) is 21.9. The number of pyridine rings is 1. The topological polar surface area (TPSA) is 77.9 Å². The first-order valence-electron chi connectivity index (χ1n) is 12.4. The fourth-order valence-electron chi connectivity index (χ4n) is 5.09. The molecule has 0 aliphatic carbocycles. The van der Waals surface area contributed by atoms with Crippen LogP contribution in [0.15, 0.2) is 72.9 Å². The predicted molar refractivity (Wildman–Crippen MR) is 143 cm³/mol. The zero-order chi connectivity index (χ0) is 25.1. The van der Waals surface area contributed by atoms with Gasteiger partial charge in [-0.15, -0.1) is 0 Å². The molecule has 2 atom stereocenters. The van der Waals surface area contributed by atoms with Gasteiger partial charge in [-0.3, -0.25) is 14.7 Å². The van der Waals surface area contributed by atoms with Crippen LogP contribution >= 0.6 is 0 Å². The molecule has 2 heterocycles. The Balaban J connectivity index is 1.40. The minimum Gasteiger partial charge on any atom is -0.481 e. The first-order chi connectivity index (χ1) is 17.5. The molecule has 4 aromatic rings. The molecule has 5 rings (SSSR count). The third-order valence-corrected chi connectivity index (χ3v) is 7.08. The molecule has 1 unspecified atom stereocenters. The van der Waals surface area contributed by atoms with Gasteiger partial charge in [0.1, 0.15) is 11.3 Å². The number of carbonyl (C=O) groups excluding carboxylic acids is 1. The second kappa shape index (κ2) is 10.5. The molecule has 7 nitrogen and oxygen atoms in total. The minimum atomic E-state index is -0.316. The summed E-state index contributed by atoms with van der Waals surface area (Å²) in [5.41, 5.74) is 2.77. The van der Waals surface area contributed by atoms with E-state index in [1.807, 2.05) is 56.6 Å². The number of likely N-dealkylation sites (tertiary alicyclic amines) is 1.